The van der Waals surface area contributed by atoms with Crippen molar-refractivity contribution in [2.24, 2.45) is 0 Å². The first-order chi connectivity index (χ1) is 3.79. The molecule has 1 heterocycles. The minimum atomic E-state index is 0. The molecule has 0 amide bonds. The maximum Gasteiger partial charge on any atom is 0.129 e. The fourth-order valence-corrected chi connectivity index (χ4v) is 0.728. The van der Waals surface area contributed by atoms with Crippen molar-refractivity contribution < 1.29 is 0 Å². The number of rotatable bonds is 0. The minimum Gasteiger partial charge on any atom is -0.245 e. The zero-order chi connectivity index (χ0) is 5.98. The largest absolute Gasteiger partial charge is 0.245 e. The summed E-state index contributed by atoms with van der Waals surface area (Å²) in [5.74, 6) is 0. The van der Waals surface area contributed by atoms with E-state index in [1.807, 2.05) is 19.1 Å². The lowest BCUT2D eigenvalue weighted by Crippen LogP contribution is -1.73. The number of halogens is 2. The first-order valence-electron chi connectivity index (χ1n) is 2.37. The second-order valence-electron chi connectivity index (χ2n) is 1.66. The second-order valence-corrected chi connectivity index (χ2v) is 2.04. The Hall–Kier alpha value is -0.270. The molecular formula is C6H7Cl2N. The number of hydrogen-bond acceptors (Lipinski definition) is 1. The molecule has 1 nitrogen and oxygen atoms in total. The van der Waals surface area contributed by atoms with Gasteiger partial charge in [0.05, 0.1) is 0 Å². The topological polar surface area (TPSA) is 12.9 Å². The number of hydrogen-bond donors (Lipinski definition) is 0. The van der Waals surface area contributed by atoms with Crippen LogP contribution in [0.15, 0.2) is 18.3 Å². The van der Waals surface area contributed by atoms with Crippen LogP contribution in [-0.4, -0.2) is 4.98 Å². The van der Waals surface area contributed by atoms with Crippen molar-refractivity contribution >= 4 is 24.0 Å². The highest BCUT2D eigenvalue weighted by atomic mass is 35.5. The van der Waals surface area contributed by atoms with Crippen molar-refractivity contribution in [3.63, 3.8) is 0 Å². The predicted molar refractivity (Wildman–Crippen MR) is 41.2 cm³/mol. The van der Waals surface area contributed by atoms with Gasteiger partial charge in [-0.05, 0) is 24.6 Å². The molecule has 0 spiro atoms. The lowest BCUT2D eigenvalue weighted by Gasteiger charge is -1.88. The van der Waals surface area contributed by atoms with Crippen molar-refractivity contribution in [2.45, 2.75) is 6.92 Å². The van der Waals surface area contributed by atoms with E-state index in [1.165, 1.54) is 0 Å². The summed E-state index contributed by atoms with van der Waals surface area (Å²) in [5.41, 5.74) is 1.14. The van der Waals surface area contributed by atoms with Crippen LogP contribution < -0.4 is 0 Å². The fraction of sp³-hybridized carbons (Fsp3) is 0.167. The van der Waals surface area contributed by atoms with Gasteiger partial charge in [0.25, 0.3) is 0 Å². The Kier molecular flexibility index (Phi) is 3.59. The summed E-state index contributed by atoms with van der Waals surface area (Å²) in [5, 5.41) is 0.560. The van der Waals surface area contributed by atoms with Gasteiger partial charge < -0.3 is 0 Å². The summed E-state index contributed by atoms with van der Waals surface area (Å²) in [6, 6.07) is 3.73. The molecule has 1 aromatic heterocycles. The molecular weight excluding hydrogens is 157 g/mol. The molecule has 0 aromatic carbocycles. The molecule has 0 unspecified atom stereocenters. The third-order valence-corrected chi connectivity index (χ3v) is 1.09. The average Bonchev–Trinajstić information content (AvgIpc) is 1.64. The van der Waals surface area contributed by atoms with E-state index in [9.17, 15) is 0 Å². The van der Waals surface area contributed by atoms with E-state index in [1.54, 1.807) is 6.20 Å². The van der Waals surface area contributed by atoms with E-state index in [0.29, 0.717) is 5.15 Å². The molecule has 0 aliphatic carbocycles. The standard InChI is InChI=1S/C6H6ClN.ClH/c1-5-2-3-8-6(7)4-5;/h2-4H,1H3;1H. The Bertz CT molecular complexity index is 171. The van der Waals surface area contributed by atoms with Crippen LogP contribution in [0.1, 0.15) is 5.56 Å². The highest BCUT2D eigenvalue weighted by molar-refractivity contribution is 6.29. The van der Waals surface area contributed by atoms with Crippen LogP contribution in [0.3, 0.4) is 0 Å². The van der Waals surface area contributed by atoms with Gasteiger partial charge in [0.1, 0.15) is 5.15 Å². The highest BCUT2D eigenvalue weighted by Crippen LogP contribution is 2.04. The van der Waals surface area contributed by atoms with Crippen LogP contribution in [0.4, 0.5) is 0 Å². The summed E-state index contributed by atoms with van der Waals surface area (Å²) in [4.78, 5) is 3.81. The first kappa shape index (κ1) is 8.73. The zero-order valence-corrected chi connectivity index (χ0v) is 6.54. The predicted octanol–water partition coefficient (Wildman–Crippen LogP) is 2.47. The molecule has 1 aromatic rings. The summed E-state index contributed by atoms with van der Waals surface area (Å²) in [7, 11) is 0. The summed E-state index contributed by atoms with van der Waals surface area (Å²) in [6.07, 6.45) is 1.69. The molecule has 0 saturated carbocycles. The molecule has 3 heteroatoms. The van der Waals surface area contributed by atoms with Gasteiger partial charge in [-0.2, -0.15) is 0 Å². The van der Waals surface area contributed by atoms with Gasteiger partial charge in [0.2, 0.25) is 0 Å². The van der Waals surface area contributed by atoms with Crippen LogP contribution in [0.5, 0.6) is 0 Å². The summed E-state index contributed by atoms with van der Waals surface area (Å²) in [6.45, 7) is 1.98. The normalized spacial score (nSPS) is 8.22. The van der Waals surface area contributed by atoms with Gasteiger partial charge in [-0.3, -0.25) is 0 Å². The Labute approximate surface area is 65.5 Å². The van der Waals surface area contributed by atoms with Crippen molar-refractivity contribution in [2.75, 3.05) is 0 Å². The van der Waals surface area contributed by atoms with Gasteiger partial charge in [-0.15, -0.1) is 12.4 Å². The van der Waals surface area contributed by atoms with Crippen molar-refractivity contribution in [3.8, 4) is 0 Å². The van der Waals surface area contributed by atoms with Gasteiger partial charge in [0, 0.05) is 6.20 Å². The molecule has 0 saturated heterocycles. The van der Waals surface area contributed by atoms with E-state index in [-0.39, 0.29) is 12.4 Å². The number of pyridine rings is 1. The maximum atomic E-state index is 5.53. The van der Waals surface area contributed by atoms with Gasteiger partial charge in [0.15, 0.2) is 0 Å². The van der Waals surface area contributed by atoms with Crippen LogP contribution in [-0.2, 0) is 0 Å². The Morgan fingerprint density at radius 2 is 2.22 bits per heavy atom. The van der Waals surface area contributed by atoms with Crippen molar-refractivity contribution in [1.29, 1.82) is 0 Å². The van der Waals surface area contributed by atoms with E-state index in [4.69, 9.17) is 11.6 Å². The third-order valence-electron chi connectivity index (χ3n) is 0.882. The van der Waals surface area contributed by atoms with Crippen molar-refractivity contribution in [1.82, 2.24) is 4.98 Å². The van der Waals surface area contributed by atoms with E-state index in [2.05, 4.69) is 4.98 Å². The SMILES string of the molecule is Cc1ccnc(Cl)c1.Cl. The van der Waals surface area contributed by atoms with Crippen LogP contribution in [0.2, 0.25) is 5.15 Å². The maximum absolute atomic E-state index is 5.53. The molecule has 50 valence electrons. The molecule has 9 heavy (non-hydrogen) atoms. The summed E-state index contributed by atoms with van der Waals surface area (Å²) < 4.78 is 0. The average molecular weight is 164 g/mol. The van der Waals surface area contributed by atoms with Crippen LogP contribution in [0, 0.1) is 6.92 Å². The van der Waals surface area contributed by atoms with E-state index >= 15 is 0 Å². The zero-order valence-electron chi connectivity index (χ0n) is 4.97. The quantitative estimate of drug-likeness (QED) is 0.536. The van der Waals surface area contributed by atoms with Gasteiger partial charge in [-0.1, -0.05) is 11.6 Å². The van der Waals surface area contributed by atoms with Crippen LogP contribution in [0.25, 0.3) is 0 Å². The minimum absolute atomic E-state index is 0. The van der Waals surface area contributed by atoms with Crippen molar-refractivity contribution in [3.05, 3.63) is 29.0 Å². The lowest BCUT2D eigenvalue weighted by atomic mass is 10.3. The molecule has 0 bridgehead atoms. The molecule has 0 fully saturated rings. The number of aryl methyl sites for hydroxylation is 1. The summed E-state index contributed by atoms with van der Waals surface area (Å²) >= 11 is 5.53. The molecule has 0 aliphatic heterocycles. The van der Waals surface area contributed by atoms with E-state index < -0.39 is 0 Å². The fourth-order valence-electron chi connectivity index (χ4n) is 0.499. The molecule has 0 aliphatic rings. The Morgan fingerprint density at radius 1 is 1.56 bits per heavy atom. The van der Waals surface area contributed by atoms with E-state index in [0.717, 1.165) is 5.56 Å². The molecule has 0 N–H and O–H groups in total. The Morgan fingerprint density at radius 3 is 2.56 bits per heavy atom. The lowest BCUT2D eigenvalue weighted by molar-refractivity contribution is 1.29. The smallest absolute Gasteiger partial charge is 0.129 e. The first-order valence-corrected chi connectivity index (χ1v) is 2.75. The molecule has 0 radical (unpaired) electrons. The monoisotopic (exact) mass is 163 g/mol. The highest BCUT2D eigenvalue weighted by Gasteiger charge is 1.84. The third kappa shape index (κ3) is 2.68. The number of nitrogens with zero attached hydrogens (tertiary/aromatic N) is 1. The number of aromatic nitrogens is 1. The Balaban J connectivity index is 0.000000640. The second kappa shape index (κ2) is 3.70. The molecule has 0 atom stereocenters. The van der Waals surface area contributed by atoms with Gasteiger partial charge in [-0.25, -0.2) is 4.98 Å². The molecule has 1 rings (SSSR count). The van der Waals surface area contributed by atoms with Gasteiger partial charge >= 0.3 is 0 Å². The van der Waals surface area contributed by atoms with Crippen LogP contribution >= 0.6 is 24.0 Å².